The lowest BCUT2D eigenvalue weighted by Gasteiger charge is -2.14. The zero-order chi connectivity index (χ0) is 15.7. The van der Waals surface area contributed by atoms with Crippen LogP contribution in [-0.4, -0.2) is 31.1 Å². The first-order valence-electron chi connectivity index (χ1n) is 7.26. The molecule has 0 aromatic heterocycles. The van der Waals surface area contributed by atoms with E-state index in [1.165, 1.54) is 0 Å². The second-order valence-corrected chi connectivity index (χ2v) is 5.13. The van der Waals surface area contributed by atoms with E-state index in [0.29, 0.717) is 19.6 Å². The Morgan fingerprint density at radius 2 is 1.76 bits per heavy atom. The molecule has 1 aromatic carbocycles. The van der Waals surface area contributed by atoms with Crippen LogP contribution in [-0.2, 0) is 14.3 Å². The van der Waals surface area contributed by atoms with Gasteiger partial charge < -0.3 is 15.4 Å². The van der Waals surface area contributed by atoms with Gasteiger partial charge in [-0.1, -0.05) is 30.3 Å². The van der Waals surface area contributed by atoms with Gasteiger partial charge in [0.25, 0.3) is 0 Å². The molecule has 5 nitrogen and oxygen atoms in total. The summed E-state index contributed by atoms with van der Waals surface area (Å²) in [6, 6.07) is 9.32. The number of hydrogen-bond donors (Lipinski definition) is 2. The van der Waals surface area contributed by atoms with Crippen molar-refractivity contribution in [3.05, 3.63) is 35.9 Å². The van der Waals surface area contributed by atoms with E-state index in [4.69, 9.17) is 4.74 Å². The summed E-state index contributed by atoms with van der Waals surface area (Å²) in [6.45, 7) is 6.75. The average Bonchev–Trinajstić information content (AvgIpc) is 2.47. The predicted molar refractivity (Wildman–Crippen MR) is 81.7 cm³/mol. The molecular formula is C16H24N2O3. The molecule has 2 amide bonds. The van der Waals surface area contributed by atoms with Crippen molar-refractivity contribution < 1.29 is 14.3 Å². The molecule has 0 fully saturated rings. The molecule has 0 radical (unpaired) electrons. The smallest absolute Gasteiger partial charge is 0.309 e. The SMILES string of the molecule is CC(C)OCCCNC(=O)C(=O)N[C@H](C)c1ccccc1. The Kier molecular flexibility index (Phi) is 7.46. The second-order valence-electron chi connectivity index (χ2n) is 5.13. The number of nitrogens with one attached hydrogen (secondary N) is 2. The first-order chi connectivity index (χ1) is 10.0. The minimum atomic E-state index is -0.615. The van der Waals surface area contributed by atoms with Gasteiger partial charge in [0, 0.05) is 13.2 Å². The molecule has 0 aliphatic rings. The van der Waals surface area contributed by atoms with Crippen molar-refractivity contribution >= 4 is 11.8 Å². The van der Waals surface area contributed by atoms with Crippen molar-refractivity contribution in [2.24, 2.45) is 0 Å². The van der Waals surface area contributed by atoms with Crippen LogP contribution < -0.4 is 10.6 Å². The van der Waals surface area contributed by atoms with Gasteiger partial charge in [-0.05, 0) is 32.8 Å². The molecule has 5 heteroatoms. The first kappa shape index (κ1) is 17.2. The van der Waals surface area contributed by atoms with Gasteiger partial charge in [0.15, 0.2) is 0 Å². The fourth-order valence-corrected chi connectivity index (χ4v) is 1.76. The number of amides is 2. The van der Waals surface area contributed by atoms with Crippen molar-refractivity contribution in [3.8, 4) is 0 Å². The van der Waals surface area contributed by atoms with Crippen LogP contribution in [0.15, 0.2) is 30.3 Å². The van der Waals surface area contributed by atoms with E-state index in [0.717, 1.165) is 5.56 Å². The van der Waals surface area contributed by atoms with E-state index < -0.39 is 11.8 Å². The van der Waals surface area contributed by atoms with Crippen LogP contribution in [0.25, 0.3) is 0 Å². The number of hydrogen-bond acceptors (Lipinski definition) is 3. The summed E-state index contributed by atoms with van der Waals surface area (Å²) in [5.41, 5.74) is 0.962. The van der Waals surface area contributed by atoms with E-state index in [-0.39, 0.29) is 12.1 Å². The van der Waals surface area contributed by atoms with Crippen LogP contribution in [0, 0.1) is 0 Å². The third kappa shape index (κ3) is 6.90. The molecule has 0 spiro atoms. The molecule has 0 unspecified atom stereocenters. The van der Waals surface area contributed by atoms with Gasteiger partial charge in [-0.2, -0.15) is 0 Å². The lowest BCUT2D eigenvalue weighted by molar-refractivity contribution is -0.139. The monoisotopic (exact) mass is 292 g/mol. The third-order valence-electron chi connectivity index (χ3n) is 2.91. The fourth-order valence-electron chi connectivity index (χ4n) is 1.76. The number of rotatable bonds is 7. The molecule has 0 saturated heterocycles. The normalized spacial score (nSPS) is 12.0. The van der Waals surface area contributed by atoms with E-state index in [1.807, 2.05) is 51.1 Å². The molecule has 0 saturated carbocycles. The maximum atomic E-state index is 11.7. The number of ether oxygens (including phenoxy) is 1. The van der Waals surface area contributed by atoms with Crippen molar-refractivity contribution in [3.63, 3.8) is 0 Å². The summed E-state index contributed by atoms with van der Waals surface area (Å²) in [7, 11) is 0. The van der Waals surface area contributed by atoms with Crippen LogP contribution in [0.4, 0.5) is 0 Å². The Bertz CT molecular complexity index is 446. The molecule has 1 rings (SSSR count). The lowest BCUT2D eigenvalue weighted by atomic mass is 10.1. The van der Waals surface area contributed by atoms with Gasteiger partial charge in [-0.15, -0.1) is 0 Å². The molecule has 21 heavy (non-hydrogen) atoms. The number of carbonyl (C=O) groups is 2. The summed E-state index contributed by atoms with van der Waals surface area (Å²) in [5, 5.41) is 5.25. The highest BCUT2D eigenvalue weighted by Gasteiger charge is 2.16. The molecule has 116 valence electrons. The number of benzene rings is 1. The molecule has 0 bridgehead atoms. The predicted octanol–water partition coefficient (Wildman–Crippen LogP) is 1.80. The second kappa shape index (κ2) is 9.13. The third-order valence-corrected chi connectivity index (χ3v) is 2.91. The minimum absolute atomic E-state index is 0.177. The lowest BCUT2D eigenvalue weighted by Crippen LogP contribution is -2.41. The van der Waals surface area contributed by atoms with Crippen LogP contribution in [0.2, 0.25) is 0 Å². The maximum absolute atomic E-state index is 11.7. The highest BCUT2D eigenvalue weighted by molar-refractivity contribution is 6.35. The minimum Gasteiger partial charge on any atom is -0.379 e. The summed E-state index contributed by atoms with van der Waals surface area (Å²) >= 11 is 0. The zero-order valence-corrected chi connectivity index (χ0v) is 12.9. The van der Waals surface area contributed by atoms with Crippen LogP contribution in [0.3, 0.4) is 0 Å². The van der Waals surface area contributed by atoms with E-state index >= 15 is 0 Å². The maximum Gasteiger partial charge on any atom is 0.309 e. The highest BCUT2D eigenvalue weighted by Crippen LogP contribution is 2.10. The van der Waals surface area contributed by atoms with Crippen molar-refractivity contribution in [1.29, 1.82) is 0 Å². The Balaban J connectivity index is 2.26. The molecule has 2 N–H and O–H groups in total. The van der Waals surface area contributed by atoms with Crippen molar-refractivity contribution in [2.45, 2.75) is 39.3 Å². The summed E-state index contributed by atoms with van der Waals surface area (Å²) in [4.78, 5) is 23.4. The molecule has 1 aromatic rings. The largest absolute Gasteiger partial charge is 0.379 e. The first-order valence-corrected chi connectivity index (χ1v) is 7.26. The van der Waals surface area contributed by atoms with E-state index in [9.17, 15) is 9.59 Å². The molecular weight excluding hydrogens is 268 g/mol. The van der Waals surface area contributed by atoms with Gasteiger partial charge in [0.05, 0.1) is 12.1 Å². The Morgan fingerprint density at radius 1 is 1.10 bits per heavy atom. The van der Waals surface area contributed by atoms with Gasteiger partial charge in [-0.3, -0.25) is 9.59 Å². The van der Waals surface area contributed by atoms with E-state index in [1.54, 1.807) is 0 Å². The van der Waals surface area contributed by atoms with Crippen LogP contribution in [0.5, 0.6) is 0 Å². The summed E-state index contributed by atoms with van der Waals surface area (Å²) in [5.74, 6) is -1.22. The topological polar surface area (TPSA) is 67.4 Å². The van der Waals surface area contributed by atoms with Gasteiger partial charge in [-0.25, -0.2) is 0 Å². The zero-order valence-electron chi connectivity index (χ0n) is 12.9. The highest BCUT2D eigenvalue weighted by atomic mass is 16.5. The Hall–Kier alpha value is -1.88. The van der Waals surface area contributed by atoms with Crippen molar-refractivity contribution in [2.75, 3.05) is 13.2 Å². The Labute approximate surface area is 126 Å². The number of carbonyl (C=O) groups excluding carboxylic acids is 2. The van der Waals surface area contributed by atoms with Gasteiger partial charge >= 0.3 is 11.8 Å². The average molecular weight is 292 g/mol. The molecule has 0 aliphatic carbocycles. The molecule has 1 atom stereocenters. The quantitative estimate of drug-likeness (QED) is 0.595. The van der Waals surface area contributed by atoms with Gasteiger partial charge in [0.1, 0.15) is 0 Å². The summed E-state index contributed by atoms with van der Waals surface area (Å²) in [6.07, 6.45) is 0.863. The fraction of sp³-hybridized carbons (Fsp3) is 0.500. The standard InChI is InChI=1S/C16H24N2O3/c1-12(2)21-11-7-10-17-15(19)16(20)18-13(3)14-8-5-4-6-9-14/h4-6,8-9,12-13H,7,10-11H2,1-3H3,(H,17,19)(H,18,20)/t13-/m1/s1. The summed E-state index contributed by atoms with van der Waals surface area (Å²) < 4.78 is 5.35. The molecule has 0 aliphatic heterocycles. The van der Waals surface area contributed by atoms with Crippen LogP contribution in [0.1, 0.15) is 38.8 Å². The Morgan fingerprint density at radius 3 is 2.38 bits per heavy atom. The van der Waals surface area contributed by atoms with Crippen LogP contribution >= 0.6 is 0 Å². The van der Waals surface area contributed by atoms with Crippen molar-refractivity contribution in [1.82, 2.24) is 10.6 Å². The van der Waals surface area contributed by atoms with Gasteiger partial charge in [0.2, 0.25) is 0 Å². The molecule has 0 heterocycles. The van der Waals surface area contributed by atoms with E-state index in [2.05, 4.69) is 10.6 Å².